The van der Waals surface area contributed by atoms with E-state index >= 15 is 0 Å². The third-order valence-electron chi connectivity index (χ3n) is 6.24. The maximum Gasteiger partial charge on any atom is 0.285 e. The van der Waals surface area contributed by atoms with Crippen LogP contribution in [0.5, 0.6) is 0 Å². The summed E-state index contributed by atoms with van der Waals surface area (Å²) in [7, 11) is -3.70. The highest BCUT2D eigenvalue weighted by Crippen LogP contribution is 2.35. The van der Waals surface area contributed by atoms with Gasteiger partial charge in [0.05, 0.1) is 0 Å². The Balaban J connectivity index is 1.59. The topological polar surface area (TPSA) is 53.0 Å². The lowest BCUT2D eigenvalue weighted by Crippen LogP contribution is -2.53. The highest BCUT2D eigenvalue weighted by atomic mass is 32.2. The van der Waals surface area contributed by atoms with E-state index in [4.69, 9.17) is 0 Å². The summed E-state index contributed by atoms with van der Waals surface area (Å²) >= 11 is 0. The first-order valence-corrected chi connectivity index (χ1v) is 12.4. The molecule has 2 heterocycles. The van der Waals surface area contributed by atoms with Crippen LogP contribution < -0.4 is 4.90 Å². The molecule has 6 heteroatoms. The molecule has 0 spiro atoms. The first kappa shape index (κ1) is 21.6. The molecular weight excluding hydrogens is 406 g/mol. The summed E-state index contributed by atoms with van der Waals surface area (Å²) in [6.45, 7) is 12.7. The fraction of sp³-hybridized carbons (Fsp3) is 0.400. The van der Waals surface area contributed by atoms with Crippen LogP contribution in [0.2, 0.25) is 0 Å². The Bertz CT molecular complexity index is 1150. The van der Waals surface area contributed by atoms with Gasteiger partial charge in [0.2, 0.25) is 0 Å². The van der Waals surface area contributed by atoms with Crippen LogP contribution >= 0.6 is 0 Å². The van der Waals surface area contributed by atoms with Crippen LogP contribution in [0, 0.1) is 6.92 Å². The number of benzene rings is 2. The summed E-state index contributed by atoms with van der Waals surface area (Å²) < 4.78 is 30.1. The summed E-state index contributed by atoms with van der Waals surface area (Å²) in [5.74, 6) is 1.00. The van der Waals surface area contributed by atoms with Crippen molar-refractivity contribution in [2.45, 2.75) is 46.6 Å². The van der Waals surface area contributed by atoms with Crippen LogP contribution in [0.15, 0.2) is 58.5 Å². The van der Waals surface area contributed by atoms with E-state index in [-0.39, 0.29) is 6.04 Å². The molecule has 1 atom stereocenters. The Hall–Kier alpha value is -2.60. The van der Waals surface area contributed by atoms with Crippen molar-refractivity contribution in [1.29, 1.82) is 0 Å². The minimum absolute atomic E-state index is 0.253. The van der Waals surface area contributed by atoms with Crippen molar-refractivity contribution in [1.82, 2.24) is 4.90 Å². The number of anilines is 1. The lowest BCUT2D eigenvalue weighted by atomic mass is 10.0. The average Bonchev–Trinajstić information content (AvgIpc) is 2.96. The standard InChI is InChI=1S/C25H31N3O2S/c1-17(2)21-9-11-22(12-10-21)24-20(5)25(26-31(24,29)30)27-13-14-28(19(4)16-27)23-8-6-7-18(3)15-23/h6-12,15,17,19H,13-14,16H2,1-5H3/t19-/m0/s1. The summed E-state index contributed by atoms with van der Waals surface area (Å²) in [4.78, 5) is 4.85. The lowest BCUT2D eigenvalue weighted by Gasteiger charge is -2.42. The second-order valence-electron chi connectivity index (χ2n) is 8.95. The zero-order chi connectivity index (χ0) is 22.3. The zero-order valence-electron chi connectivity index (χ0n) is 19.0. The summed E-state index contributed by atoms with van der Waals surface area (Å²) in [6.07, 6.45) is 0. The quantitative estimate of drug-likeness (QED) is 0.692. The summed E-state index contributed by atoms with van der Waals surface area (Å²) in [5, 5.41) is 0. The monoisotopic (exact) mass is 437 g/mol. The van der Waals surface area contributed by atoms with Crippen molar-refractivity contribution in [2.24, 2.45) is 4.40 Å². The van der Waals surface area contributed by atoms with E-state index in [1.807, 2.05) is 31.2 Å². The van der Waals surface area contributed by atoms with Crippen molar-refractivity contribution in [3.8, 4) is 0 Å². The third kappa shape index (κ3) is 4.13. The highest BCUT2D eigenvalue weighted by Gasteiger charge is 2.36. The zero-order valence-corrected chi connectivity index (χ0v) is 19.8. The number of sulfonamides is 1. The molecule has 2 aliphatic heterocycles. The number of piperazine rings is 1. The molecule has 31 heavy (non-hydrogen) atoms. The summed E-state index contributed by atoms with van der Waals surface area (Å²) in [6, 6.07) is 16.6. The minimum atomic E-state index is -3.70. The van der Waals surface area contributed by atoms with E-state index in [9.17, 15) is 8.42 Å². The van der Waals surface area contributed by atoms with Crippen LogP contribution in [-0.4, -0.2) is 44.8 Å². The number of rotatable bonds is 3. The van der Waals surface area contributed by atoms with Crippen molar-refractivity contribution in [3.63, 3.8) is 0 Å². The molecule has 0 bridgehead atoms. The molecule has 2 aliphatic rings. The molecule has 4 rings (SSSR count). The molecule has 0 N–H and O–H groups in total. The first-order chi connectivity index (χ1) is 14.7. The molecule has 1 saturated heterocycles. The SMILES string of the molecule is CC1=C(c2ccc(C(C)C)cc2)S(=O)(=O)N=C1N1CCN(c2cccc(C)c2)[C@@H](C)C1. The van der Waals surface area contributed by atoms with Gasteiger partial charge in [-0.25, -0.2) is 0 Å². The Morgan fingerprint density at radius 3 is 2.35 bits per heavy atom. The van der Waals surface area contributed by atoms with Crippen LogP contribution in [0.4, 0.5) is 5.69 Å². The van der Waals surface area contributed by atoms with Gasteiger partial charge >= 0.3 is 0 Å². The molecule has 0 saturated carbocycles. The van der Waals surface area contributed by atoms with Gasteiger partial charge in [-0.15, -0.1) is 4.40 Å². The normalized spacial score (nSPS) is 21.1. The third-order valence-corrected chi connectivity index (χ3v) is 7.71. The van der Waals surface area contributed by atoms with Crippen molar-refractivity contribution in [3.05, 3.63) is 70.8 Å². The molecule has 0 aromatic heterocycles. The predicted molar refractivity (Wildman–Crippen MR) is 129 cm³/mol. The van der Waals surface area contributed by atoms with Gasteiger partial charge in [0.1, 0.15) is 10.7 Å². The van der Waals surface area contributed by atoms with Crippen LogP contribution in [0.25, 0.3) is 4.91 Å². The van der Waals surface area contributed by atoms with E-state index in [2.05, 4.69) is 66.2 Å². The van der Waals surface area contributed by atoms with Gasteiger partial charge in [-0.3, -0.25) is 0 Å². The first-order valence-electron chi connectivity index (χ1n) is 10.9. The molecule has 5 nitrogen and oxygen atoms in total. The largest absolute Gasteiger partial charge is 0.365 e. The van der Waals surface area contributed by atoms with E-state index < -0.39 is 10.0 Å². The van der Waals surface area contributed by atoms with E-state index in [0.29, 0.717) is 22.2 Å². The Morgan fingerprint density at radius 1 is 1.03 bits per heavy atom. The predicted octanol–water partition coefficient (Wildman–Crippen LogP) is 4.80. The van der Waals surface area contributed by atoms with Crippen LogP contribution in [-0.2, 0) is 10.0 Å². The van der Waals surface area contributed by atoms with Crippen molar-refractivity contribution < 1.29 is 8.42 Å². The molecule has 0 unspecified atom stereocenters. The molecule has 0 aliphatic carbocycles. The number of hydrogen-bond acceptors (Lipinski definition) is 4. The second kappa shape index (κ2) is 8.15. The Kier molecular flexibility index (Phi) is 5.69. The van der Waals surface area contributed by atoms with Crippen LogP contribution in [0.1, 0.15) is 50.3 Å². The van der Waals surface area contributed by atoms with Crippen molar-refractivity contribution >= 4 is 26.5 Å². The molecular formula is C25H31N3O2S. The van der Waals surface area contributed by atoms with Crippen molar-refractivity contribution in [2.75, 3.05) is 24.5 Å². The highest BCUT2D eigenvalue weighted by molar-refractivity contribution is 8.00. The fourth-order valence-corrected chi connectivity index (χ4v) is 6.03. The van der Waals surface area contributed by atoms with Gasteiger partial charge in [-0.1, -0.05) is 50.2 Å². The fourth-order valence-electron chi connectivity index (χ4n) is 4.54. The van der Waals surface area contributed by atoms with Gasteiger partial charge in [0.15, 0.2) is 0 Å². The molecule has 1 fully saturated rings. The van der Waals surface area contributed by atoms with E-state index in [1.165, 1.54) is 16.8 Å². The lowest BCUT2D eigenvalue weighted by molar-refractivity contribution is 0.339. The maximum absolute atomic E-state index is 13.0. The van der Waals surface area contributed by atoms with E-state index in [1.54, 1.807) is 0 Å². The molecule has 164 valence electrons. The van der Waals surface area contributed by atoms with Gasteiger partial charge in [-0.05, 0) is 55.5 Å². The number of hydrogen-bond donors (Lipinski definition) is 0. The smallest absolute Gasteiger partial charge is 0.285 e. The maximum atomic E-state index is 13.0. The minimum Gasteiger partial charge on any atom is -0.365 e. The second-order valence-corrected chi connectivity index (χ2v) is 10.5. The molecule has 0 amide bonds. The van der Waals surface area contributed by atoms with Gasteiger partial charge < -0.3 is 9.80 Å². The molecule has 0 radical (unpaired) electrons. The van der Waals surface area contributed by atoms with Gasteiger partial charge in [0, 0.05) is 36.9 Å². The Labute approximate surface area is 186 Å². The molecule has 2 aromatic carbocycles. The number of nitrogens with zero attached hydrogens (tertiary/aromatic N) is 3. The summed E-state index contributed by atoms with van der Waals surface area (Å²) in [5.41, 5.74) is 5.11. The molecule has 2 aromatic rings. The number of aryl methyl sites for hydroxylation is 1. The van der Waals surface area contributed by atoms with Crippen LogP contribution in [0.3, 0.4) is 0 Å². The Morgan fingerprint density at radius 2 is 1.74 bits per heavy atom. The average molecular weight is 438 g/mol. The van der Waals surface area contributed by atoms with E-state index in [0.717, 1.165) is 25.2 Å². The van der Waals surface area contributed by atoms with Gasteiger partial charge in [-0.2, -0.15) is 8.42 Å². The number of amidine groups is 1. The van der Waals surface area contributed by atoms with Gasteiger partial charge in [0.25, 0.3) is 10.0 Å².